The lowest BCUT2D eigenvalue weighted by Crippen LogP contribution is -2.15. The van der Waals surface area contributed by atoms with Gasteiger partial charge in [-0.15, -0.1) is 0 Å². The fraction of sp³-hybridized carbons (Fsp3) is 0.500. The van der Waals surface area contributed by atoms with Crippen molar-refractivity contribution in [3.05, 3.63) is 0 Å². The third-order valence-corrected chi connectivity index (χ3v) is 0.460. The van der Waals surface area contributed by atoms with Gasteiger partial charge >= 0.3 is 0 Å². The number of amides is 1. The smallest absolute Gasteiger partial charge is 0.260 e. The number of carbonyl (C=O) groups is 1. The Morgan fingerprint density at radius 2 is 2.50 bits per heavy atom. The molecule has 2 N–H and O–H groups in total. The number of nitrogens with one attached hydrogen (secondary N) is 1. The second kappa shape index (κ2) is 2.93. The van der Waals surface area contributed by atoms with Crippen molar-refractivity contribution in [3.63, 3.8) is 0 Å². The maximum atomic E-state index is 9.69. The van der Waals surface area contributed by atoms with Gasteiger partial charge in [-0.3, -0.25) is 9.63 Å². The van der Waals surface area contributed by atoms with Gasteiger partial charge in [0, 0.05) is 11.8 Å². The molecule has 0 aliphatic rings. The van der Waals surface area contributed by atoms with Crippen LogP contribution < -0.4 is 4.84 Å². The van der Waals surface area contributed by atoms with E-state index >= 15 is 0 Å². The Balaban J connectivity index is 2.99. The van der Waals surface area contributed by atoms with Gasteiger partial charge in [0.25, 0.3) is 5.91 Å². The van der Waals surface area contributed by atoms with Gasteiger partial charge in [-0.25, -0.2) is 0 Å². The molecule has 0 saturated heterocycles. The van der Waals surface area contributed by atoms with E-state index in [0.29, 0.717) is 0 Å². The molecule has 4 heteroatoms. The highest BCUT2D eigenvalue weighted by atomic mass is 35.5. The highest BCUT2D eigenvalue weighted by Crippen LogP contribution is 1.61. The first-order valence-corrected chi connectivity index (χ1v) is 1.69. The first-order valence-electron chi connectivity index (χ1n) is 1.31. The van der Waals surface area contributed by atoms with Crippen molar-refractivity contribution in [2.24, 2.45) is 0 Å². The van der Waals surface area contributed by atoms with E-state index in [0.717, 1.165) is 0 Å². The zero-order valence-corrected chi connectivity index (χ0v) is 3.70. The second-order valence-electron chi connectivity index (χ2n) is 0.676. The number of halogens is 1. The molecule has 36 valence electrons. The Morgan fingerprint density at radius 3 is 2.50 bits per heavy atom. The predicted octanol–water partition coefficient (Wildman–Crippen LogP) is -0.751. The highest BCUT2D eigenvalue weighted by Gasteiger charge is 1.88. The van der Waals surface area contributed by atoms with Crippen LogP contribution in [0.25, 0.3) is 0 Å². The lowest BCUT2D eigenvalue weighted by molar-refractivity contribution is -0.122. The minimum Gasteiger partial charge on any atom is -0.386 e. The Morgan fingerprint density at radius 1 is 2.00 bits per heavy atom. The third kappa shape index (κ3) is 1.99. The van der Waals surface area contributed by atoms with Crippen molar-refractivity contribution >= 4 is 17.7 Å². The maximum Gasteiger partial charge on any atom is 0.260 e. The molecule has 0 fully saturated rings. The lowest BCUT2D eigenvalue weighted by Gasteiger charge is -1.83. The number of carbonyl (C=O) groups excluding carboxylic acids is 1. The molecule has 0 heterocycles. The average Bonchev–Trinajstić information content (AvgIpc) is 1.65. The molecule has 3 nitrogen and oxygen atoms in total. The molecule has 0 aromatic carbocycles. The molecule has 0 aromatic heterocycles. The number of aliphatic hydroxyl groups is 1. The maximum absolute atomic E-state index is 9.69. The number of rotatable bonds is 1. The molecule has 0 aliphatic carbocycles. The molecule has 0 spiro atoms. The Hall–Kier alpha value is -0.280. The monoisotopic (exact) mass is 109 g/mol. The average molecular weight is 110 g/mol. The fourth-order valence-electron chi connectivity index (χ4n) is 0.0299. The normalized spacial score (nSPS) is 7.67. The van der Waals surface area contributed by atoms with Crippen LogP contribution in [-0.2, 0) is 4.79 Å². The number of hydrogen-bond acceptors (Lipinski definition) is 2. The Labute approximate surface area is 40.0 Å². The van der Waals surface area contributed by atoms with E-state index in [1.54, 1.807) is 4.84 Å². The Kier molecular flexibility index (Phi) is 2.80. The van der Waals surface area contributed by atoms with E-state index in [1.807, 2.05) is 0 Å². The van der Waals surface area contributed by atoms with Gasteiger partial charge in [0.1, 0.15) is 6.61 Å². The van der Waals surface area contributed by atoms with E-state index in [2.05, 4.69) is 0 Å². The molecule has 0 radical (unpaired) electrons. The van der Waals surface area contributed by atoms with Crippen LogP contribution in [0, 0.1) is 0 Å². The summed E-state index contributed by atoms with van der Waals surface area (Å²) in [5, 5.41) is 7.84. The molecular formula is C2H4ClNO2. The lowest BCUT2D eigenvalue weighted by atomic mass is 10.7. The van der Waals surface area contributed by atoms with Crippen LogP contribution in [0.5, 0.6) is 0 Å². The summed E-state index contributed by atoms with van der Waals surface area (Å²) in [4.78, 5) is 11.4. The SMILES string of the molecule is O=C(CO)NCl. The topological polar surface area (TPSA) is 49.3 Å². The largest absolute Gasteiger partial charge is 0.386 e. The minimum atomic E-state index is -0.586. The van der Waals surface area contributed by atoms with Gasteiger partial charge in [0.2, 0.25) is 0 Å². The van der Waals surface area contributed by atoms with Gasteiger partial charge in [0.05, 0.1) is 0 Å². The van der Waals surface area contributed by atoms with Crippen LogP contribution in [0.1, 0.15) is 0 Å². The number of aliphatic hydroxyl groups excluding tert-OH is 1. The van der Waals surface area contributed by atoms with Crippen LogP contribution in [0.3, 0.4) is 0 Å². The summed E-state index contributed by atoms with van der Waals surface area (Å²) in [5.41, 5.74) is 0. The molecule has 0 atom stereocenters. The van der Waals surface area contributed by atoms with Gasteiger partial charge in [-0.1, -0.05) is 0 Å². The second-order valence-corrected chi connectivity index (χ2v) is 0.865. The molecule has 0 rings (SSSR count). The van der Waals surface area contributed by atoms with Gasteiger partial charge in [-0.2, -0.15) is 0 Å². The summed E-state index contributed by atoms with van der Waals surface area (Å²) in [7, 11) is 0. The molecule has 0 aliphatic heterocycles. The zero-order valence-electron chi connectivity index (χ0n) is 2.94. The van der Waals surface area contributed by atoms with Gasteiger partial charge in [0.15, 0.2) is 0 Å². The summed E-state index contributed by atoms with van der Waals surface area (Å²) in [6.07, 6.45) is 0. The molecule has 0 aromatic rings. The standard InChI is InChI=1S/C2H4ClNO2/c3-4-2(6)1-5/h5H,1H2,(H,4,6). The Bertz CT molecular complexity index is 49.5. The summed E-state index contributed by atoms with van der Waals surface area (Å²) in [5.74, 6) is -0.586. The van der Waals surface area contributed by atoms with Crippen molar-refractivity contribution in [2.75, 3.05) is 6.61 Å². The van der Waals surface area contributed by atoms with E-state index in [1.165, 1.54) is 0 Å². The van der Waals surface area contributed by atoms with Crippen LogP contribution >= 0.6 is 11.8 Å². The fourth-order valence-corrected chi connectivity index (χ4v) is 0.0896. The van der Waals surface area contributed by atoms with Crippen molar-refractivity contribution in [3.8, 4) is 0 Å². The number of hydrogen-bond donors (Lipinski definition) is 2. The minimum absolute atomic E-state index is 0.552. The van der Waals surface area contributed by atoms with Crippen molar-refractivity contribution < 1.29 is 9.90 Å². The molecule has 0 bridgehead atoms. The summed E-state index contributed by atoms with van der Waals surface area (Å²) in [6, 6.07) is 0. The van der Waals surface area contributed by atoms with E-state index < -0.39 is 12.5 Å². The quantitative estimate of drug-likeness (QED) is 0.436. The first-order chi connectivity index (χ1) is 2.81. The molecular weight excluding hydrogens is 105 g/mol. The highest BCUT2D eigenvalue weighted by molar-refractivity contribution is 6.21. The van der Waals surface area contributed by atoms with Crippen LogP contribution in [0.4, 0.5) is 0 Å². The van der Waals surface area contributed by atoms with Crippen molar-refractivity contribution in [2.45, 2.75) is 0 Å². The first kappa shape index (κ1) is 5.72. The summed E-state index contributed by atoms with van der Waals surface area (Å²) >= 11 is 4.69. The summed E-state index contributed by atoms with van der Waals surface area (Å²) < 4.78 is 0. The zero-order chi connectivity index (χ0) is 4.99. The molecule has 6 heavy (non-hydrogen) atoms. The summed E-state index contributed by atoms with van der Waals surface area (Å²) in [6.45, 7) is -0.552. The molecule has 1 amide bonds. The third-order valence-electron chi connectivity index (χ3n) is 0.249. The van der Waals surface area contributed by atoms with E-state index in [4.69, 9.17) is 16.9 Å². The van der Waals surface area contributed by atoms with E-state index in [-0.39, 0.29) is 0 Å². The van der Waals surface area contributed by atoms with Gasteiger partial charge in [-0.05, 0) is 0 Å². The van der Waals surface area contributed by atoms with Crippen LogP contribution in [-0.4, -0.2) is 17.6 Å². The van der Waals surface area contributed by atoms with Gasteiger partial charge < -0.3 is 5.11 Å². The molecule has 0 saturated carbocycles. The van der Waals surface area contributed by atoms with E-state index in [9.17, 15) is 4.79 Å². The van der Waals surface area contributed by atoms with Crippen molar-refractivity contribution in [1.29, 1.82) is 0 Å². The van der Waals surface area contributed by atoms with Crippen molar-refractivity contribution in [1.82, 2.24) is 4.84 Å². The molecule has 0 unspecified atom stereocenters. The predicted molar refractivity (Wildman–Crippen MR) is 21.1 cm³/mol. The van der Waals surface area contributed by atoms with Crippen LogP contribution in [0.2, 0.25) is 0 Å². The van der Waals surface area contributed by atoms with Crippen LogP contribution in [0.15, 0.2) is 0 Å².